The molecule has 0 spiro atoms. The average molecular weight is 373 g/mol. The molecule has 6 heteroatoms. The minimum absolute atomic E-state index is 0. The average Bonchev–Trinajstić information content (AvgIpc) is 2.52. The van der Waals surface area contributed by atoms with E-state index >= 15 is 0 Å². The smallest absolute Gasteiger partial charge is 0.240 e. The number of hydrogen-bond acceptors (Lipinski definition) is 3. The summed E-state index contributed by atoms with van der Waals surface area (Å²) in [7, 11) is 0. The van der Waals surface area contributed by atoms with Gasteiger partial charge < -0.3 is 15.8 Å². The van der Waals surface area contributed by atoms with E-state index in [4.69, 9.17) is 10.5 Å². The maximum absolute atomic E-state index is 13.4. The molecule has 2 rings (SSSR count). The molecule has 25 heavy (non-hydrogen) atoms. The van der Waals surface area contributed by atoms with Crippen LogP contribution in [0.4, 0.5) is 4.39 Å². The highest BCUT2D eigenvalue weighted by Gasteiger charge is 2.62. The molecule has 2 atom stereocenters. The molecule has 1 aliphatic rings. The van der Waals surface area contributed by atoms with Gasteiger partial charge in [0.1, 0.15) is 11.4 Å². The van der Waals surface area contributed by atoms with Crippen LogP contribution in [0.2, 0.25) is 0 Å². The Bertz CT molecular complexity index is 621. The molecule has 0 aliphatic heterocycles. The van der Waals surface area contributed by atoms with Gasteiger partial charge >= 0.3 is 0 Å². The molecule has 0 aromatic heterocycles. The van der Waals surface area contributed by atoms with E-state index in [2.05, 4.69) is 5.32 Å². The Kier molecular flexibility index (Phi) is 6.65. The number of rotatable bonds is 6. The Morgan fingerprint density at radius 1 is 1.44 bits per heavy atom. The summed E-state index contributed by atoms with van der Waals surface area (Å²) in [5, 5.41) is 2.96. The maximum atomic E-state index is 13.4. The van der Waals surface area contributed by atoms with Crippen LogP contribution in [0.5, 0.6) is 0 Å². The number of nitrogens with one attached hydrogen (secondary N) is 1. The van der Waals surface area contributed by atoms with Gasteiger partial charge in [-0.05, 0) is 24.6 Å². The fraction of sp³-hybridized carbons (Fsp3) is 0.632. The van der Waals surface area contributed by atoms with Gasteiger partial charge in [-0.15, -0.1) is 12.4 Å². The van der Waals surface area contributed by atoms with Gasteiger partial charge in [-0.3, -0.25) is 4.79 Å². The van der Waals surface area contributed by atoms with Crippen molar-refractivity contribution in [1.29, 1.82) is 0 Å². The number of ether oxygens (including phenoxy) is 1. The van der Waals surface area contributed by atoms with E-state index in [0.29, 0.717) is 19.6 Å². The first-order valence-electron chi connectivity index (χ1n) is 8.49. The predicted octanol–water partition coefficient (Wildman–Crippen LogP) is 3.17. The third-order valence-electron chi connectivity index (χ3n) is 5.53. The highest BCUT2D eigenvalue weighted by Crippen LogP contribution is 2.49. The molecule has 2 unspecified atom stereocenters. The van der Waals surface area contributed by atoms with Crippen molar-refractivity contribution in [2.24, 2.45) is 11.1 Å². The monoisotopic (exact) mass is 372 g/mol. The summed E-state index contributed by atoms with van der Waals surface area (Å²) >= 11 is 0. The van der Waals surface area contributed by atoms with E-state index < -0.39 is 11.0 Å². The molecule has 1 amide bonds. The van der Waals surface area contributed by atoms with Crippen LogP contribution in [0.3, 0.4) is 0 Å². The molecule has 1 aromatic rings. The molecule has 1 aliphatic carbocycles. The molecule has 0 saturated heterocycles. The topological polar surface area (TPSA) is 64.3 Å². The summed E-state index contributed by atoms with van der Waals surface area (Å²) in [6.45, 7) is 10.8. The first-order chi connectivity index (χ1) is 11.0. The molecule has 1 saturated carbocycles. The van der Waals surface area contributed by atoms with Crippen LogP contribution in [0.15, 0.2) is 24.3 Å². The van der Waals surface area contributed by atoms with E-state index in [1.165, 1.54) is 12.1 Å². The van der Waals surface area contributed by atoms with Crippen molar-refractivity contribution in [3.8, 4) is 0 Å². The van der Waals surface area contributed by atoms with Crippen LogP contribution in [0.1, 0.15) is 46.6 Å². The lowest BCUT2D eigenvalue weighted by molar-refractivity contribution is -0.170. The second-order valence-electron chi connectivity index (χ2n) is 7.92. The normalized spacial score (nSPS) is 24.8. The van der Waals surface area contributed by atoms with Crippen LogP contribution in [0.25, 0.3) is 0 Å². The third kappa shape index (κ3) is 3.99. The number of nitrogens with two attached hydrogens (primary N) is 1. The van der Waals surface area contributed by atoms with Crippen molar-refractivity contribution in [2.45, 2.75) is 58.1 Å². The molecule has 1 fully saturated rings. The summed E-state index contributed by atoms with van der Waals surface area (Å²) < 4.78 is 19.1. The Hall–Kier alpha value is -1.17. The van der Waals surface area contributed by atoms with Crippen LogP contribution in [-0.2, 0) is 14.9 Å². The van der Waals surface area contributed by atoms with Gasteiger partial charge in [-0.1, -0.05) is 39.8 Å². The molecule has 4 nitrogen and oxygen atoms in total. The van der Waals surface area contributed by atoms with Gasteiger partial charge in [-0.25, -0.2) is 4.39 Å². The first kappa shape index (κ1) is 21.9. The van der Waals surface area contributed by atoms with Crippen molar-refractivity contribution in [3.05, 3.63) is 35.6 Å². The maximum Gasteiger partial charge on any atom is 0.240 e. The predicted molar refractivity (Wildman–Crippen MR) is 100 cm³/mol. The molecule has 0 bridgehead atoms. The zero-order chi connectivity index (χ0) is 18.2. The summed E-state index contributed by atoms with van der Waals surface area (Å²) in [5.74, 6) is -0.449. The molecule has 3 N–H and O–H groups in total. The minimum atomic E-state index is -0.940. The van der Waals surface area contributed by atoms with Crippen molar-refractivity contribution >= 4 is 18.3 Å². The number of carbonyl (C=O) groups is 1. The van der Waals surface area contributed by atoms with E-state index in [1.807, 2.05) is 40.7 Å². The second-order valence-corrected chi connectivity index (χ2v) is 7.92. The van der Waals surface area contributed by atoms with Gasteiger partial charge in [0.05, 0.1) is 6.10 Å². The van der Waals surface area contributed by atoms with Crippen LogP contribution < -0.4 is 11.1 Å². The Balaban J connectivity index is 0.00000312. The summed E-state index contributed by atoms with van der Waals surface area (Å²) in [5.41, 5.74) is 5.48. The second kappa shape index (κ2) is 7.60. The molecule has 0 heterocycles. The molecule has 142 valence electrons. The zero-order valence-corrected chi connectivity index (χ0v) is 16.5. The number of carbonyl (C=O) groups excluding carboxylic acids is 1. The Morgan fingerprint density at radius 3 is 2.60 bits per heavy atom. The van der Waals surface area contributed by atoms with Crippen molar-refractivity contribution in [2.75, 3.05) is 13.2 Å². The van der Waals surface area contributed by atoms with Gasteiger partial charge in [0.2, 0.25) is 5.91 Å². The lowest BCUT2D eigenvalue weighted by Crippen LogP contribution is -2.76. The summed E-state index contributed by atoms with van der Waals surface area (Å²) in [6, 6.07) is 6.47. The lowest BCUT2D eigenvalue weighted by atomic mass is 9.54. The van der Waals surface area contributed by atoms with E-state index in [0.717, 1.165) is 5.56 Å². The number of halogens is 2. The SMILES string of the molecule is CCOC1CC(N)(C(=O)NCC(C)(C)c2cccc(F)c2)C1(C)C.Cl. The summed E-state index contributed by atoms with van der Waals surface area (Å²) in [4.78, 5) is 12.7. The molecular weight excluding hydrogens is 343 g/mol. The van der Waals surface area contributed by atoms with Crippen molar-refractivity contribution in [1.82, 2.24) is 5.32 Å². The van der Waals surface area contributed by atoms with E-state index in [-0.39, 0.29) is 35.7 Å². The van der Waals surface area contributed by atoms with Crippen LogP contribution in [0, 0.1) is 11.2 Å². The Morgan fingerprint density at radius 2 is 2.08 bits per heavy atom. The van der Waals surface area contributed by atoms with Gasteiger partial charge in [-0.2, -0.15) is 0 Å². The first-order valence-corrected chi connectivity index (χ1v) is 8.49. The molecular formula is C19H30ClFN2O2. The van der Waals surface area contributed by atoms with Gasteiger partial charge in [0.25, 0.3) is 0 Å². The van der Waals surface area contributed by atoms with Crippen LogP contribution in [-0.4, -0.2) is 30.7 Å². The quantitative estimate of drug-likeness (QED) is 0.806. The highest BCUT2D eigenvalue weighted by molar-refractivity contribution is 5.88. The van der Waals surface area contributed by atoms with Gasteiger partial charge in [0, 0.05) is 30.4 Å². The zero-order valence-electron chi connectivity index (χ0n) is 15.7. The van der Waals surface area contributed by atoms with Gasteiger partial charge in [0.15, 0.2) is 0 Å². The number of hydrogen-bond donors (Lipinski definition) is 2. The number of amides is 1. The van der Waals surface area contributed by atoms with Crippen molar-refractivity contribution in [3.63, 3.8) is 0 Å². The molecule has 1 aromatic carbocycles. The largest absolute Gasteiger partial charge is 0.378 e. The summed E-state index contributed by atoms with van der Waals surface area (Å²) in [6.07, 6.45) is 0.509. The fourth-order valence-corrected chi connectivity index (χ4v) is 3.29. The van der Waals surface area contributed by atoms with Crippen LogP contribution >= 0.6 is 12.4 Å². The van der Waals surface area contributed by atoms with E-state index in [9.17, 15) is 9.18 Å². The fourth-order valence-electron chi connectivity index (χ4n) is 3.29. The third-order valence-corrected chi connectivity index (χ3v) is 5.53. The number of benzene rings is 1. The molecule has 0 radical (unpaired) electrons. The standard InChI is InChI=1S/C19H29FN2O2.ClH/c1-6-24-15-11-19(21,18(15,4)5)16(23)22-12-17(2,3)13-8-7-9-14(20)10-13;/h7-10,15H,6,11-12,21H2,1-5H3,(H,22,23);1H. The minimum Gasteiger partial charge on any atom is -0.378 e. The lowest BCUT2D eigenvalue weighted by Gasteiger charge is -2.57. The van der Waals surface area contributed by atoms with E-state index in [1.54, 1.807) is 6.07 Å². The Labute approximate surface area is 156 Å². The van der Waals surface area contributed by atoms with Crippen molar-refractivity contribution < 1.29 is 13.9 Å². The highest BCUT2D eigenvalue weighted by atomic mass is 35.5.